The second-order valence-electron chi connectivity index (χ2n) is 7.58. The van der Waals surface area contributed by atoms with E-state index in [2.05, 4.69) is 105 Å². The highest BCUT2D eigenvalue weighted by atomic mass is 15.1. The topological polar surface area (TPSA) is 60.3 Å². The third-order valence-corrected chi connectivity index (χ3v) is 5.91. The first-order valence-electron chi connectivity index (χ1n) is 10.1. The molecule has 4 nitrogen and oxygen atoms in total. The molecule has 0 saturated heterocycles. The normalized spacial score (nSPS) is 11.6. The van der Waals surface area contributed by atoms with Gasteiger partial charge in [-0.1, -0.05) is 66.7 Å². The molecule has 30 heavy (non-hydrogen) atoms. The second kappa shape index (κ2) is 6.78. The lowest BCUT2D eigenvalue weighted by atomic mass is 9.84. The SMILES string of the molecule is c1ccc(-c2[nH]ncc2C(c2c[nH]c3ccccc23)c2c[nH]c3ccccc23)cc1. The van der Waals surface area contributed by atoms with Crippen LogP contribution in [-0.2, 0) is 0 Å². The maximum absolute atomic E-state index is 4.45. The third-order valence-electron chi connectivity index (χ3n) is 5.91. The zero-order chi connectivity index (χ0) is 19.9. The van der Waals surface area contributed by atoms with E-state index in [0.29, 0.717) is 0 Å². The van der Waals surface area contributed by atoms with Crippen molar-refractivity contribution in [1.29, 1.82) is 0 Å². The number of fused-ring (bicyclic) bond motifs is 2. The third kappa shape index (κ3) is 2.58. The van der Waals surface area contributed by atoms with Gasteiger partial charge in [-0.3, -0.25) is 5.10 Å². The summed E-state index contributed by atoms with van der Waals surface area (Å²) in [7, 11) is 0. The van der Waals surface area contributed by atoms with E-state index in [0.717, 1.165) is 27.9 Å². The summed E-state index contributed by atoms with van der Waals surface area (Å²) < 4.78 is 0. The minimum absolute atomic E-state index is 0.0336. The Bertz CT molecular complexity index is 1380. The first kappa shape index (κ1) is 16.9. The number of hydrogen-bond acceptors (Lipinski definition) is 1. The molecule has 0 unspecified atom stereocenters. The Morgan fingerprint density at radius 3 is 1.80 bits per heavy atom. The Morgan fingerprint density at radius 2 is 1.17 bits per heavy atom. The molecule has 0 aliphatic heterocycles. The lowest BCUT2D eigenvalue weighted by Crippen LogP contribution is -2.03. The Kier molecular flexibility index (Phi) is 3.81. The fraction of sp³-hybridized carbons (Fsp3) is 0.0385. The van der Waals surface area contributed by atoms with E-state index in [1.54, 1.807) is 0 Å². The minimum atomic E-state index is 0.0336. The smallest absolute Gasteiger partial charge is 0.0691 e. The molecule has 0 aliphatic rings. The number of nitrogens with one attached hydrogen (secondary N) is 3. The van der Waals surface area contributed by atoms with Gasteiger partial charge in [-0.2, -0.15) is 5.10 Å². The van der Waals surface area contributed by atoms with E-state index in [4.69, 9.17) is 0 Å². The molecule has 0 amide bonds. The van der Waals surface area contributed by atoms with Crippen LogP contribution in [0.3, 0.4) is 0 Å². The van der Waals surface area contributed by atoms with Gasteiger partial charge in [0, 0.05) is 45.7 Å². The van der Waals surface area contributed by atoms with Gasteiger partial charge in [-0.05, 0) is 28.8 Å². The van der Waals surface area contributed by atoms with Gasteiger partial charge >= 0.3 is 0 Å². The van der Waals surface area contributed by atoms with Crippen LogP contribution in [0.4, 0.5) is 0 Å². The zero-order valence-electron chi connectivity index (χ0n) is 16.3. The fourth-order valence-electron chi connectivity index (χ4n) is 4.52. The Morgan fingerprint density at radius 1 is 0.600 bits per heavy atom. The highest BCUT2D eigenvalue weighted by Crippen LogP contribution is 2.42. The molecule has 0 fully saturated rings. The number of nitrogens with zero attached hydrogens (tertiary/aromatic N) is 1. The predicted molar refractivity (Wildman–Crippen MR) is 122 cm³/mol. The summed E-state index contributed by atoms with van der Waals surface area (Å²) in [6.45, 7) is 0. The molecule has 4 heteroatoms. The van der Waals surface area contributed by atoms with Gasteiger partial charge in [0.05, 0.1) is 11.9 Å². The number of aromatic nitrogens is 4. The number of aromatic amines is 3. The van der Waals surface area contributed by atoms with Gasteiger partial charge in [0.1, 0.15) is 0 Å². The van der Waals surface area contributed by atoms with Gasteiger partial charge in [-0.15, -0.1) is 0 Å². The van der Waals surface area contributed by atoms with Crippen molar-refractivity contribution in [3.8, 4) is 11.3 Å². The molecule has 0 saturated carbocycles. The highest BCUT2D eigenvalue weighted by molar-refractivity contribution is 5.89. The van der Waals surface area contributed by atoms with Crippen molar-refractivity contribution in [2.75, 3.05) is 0 Å². The van der Waals surface area contributed by atoms with E-state index in [1.807, 2.05) is 12.3 Å². The largest absolute Gasteiger partial charge is 0.361 e. The molecular formula is C26H20N4. The maximum atomic E-state index is 4.45. The summed E-state index contributed by atoms with van der Waals surface area (Å²) in [5.41, 5.74) is 8.12. The van der Waals surface area contributed by atoms with Gasteiger partial charge in [0.2, 0.25) is 0 Å². The molecule has 3 aromatic carbocycles. The quantitative estimate of drug-likeness (QED) is 0.330. The summed E-state index contributed by atoms with van der Waals surface area (Å²) in [4.78, 5) is 6.92. The summed E-state index contributed by atoms with van der Waals surface area (Å²) in [5, 5.41) is 10.2. The number of para-hydroxylation sites is 2. The molecule has 0 spiro atoms. The van der Waals surface area contributed by atoms with Crippen LogP contribution in [0.1, 0.15) is 22.6 Å². The van der Waals surface area contributed by atoms with Gasteiger partial charge in [0.15, 0.2) is 0 Å². The highest BCUT2D eigenvalue weighted by Gasteiger charge is 2.26. The number of hydrogen-bond donors (Lipinski definition) is 3. The van der Waals surface area contributed by atoms with Crippen molar-refractivity contribution in [2.45, 2.75) is 5.92 Å². The van der Waals surface area contributed by atoms with Crippen LogP contribution in [-0.4, -0.2) is 20.2 Å². The second-order valence-corrected chi connectivity index (χ2v) is 7.58. The van der Waals surface area contributed by atoms with Crippen LogP contribution in [0.2, 0.25) is 0 Å². The van der Waals surface area contributed by atoms with E-state index < -0.39 is 0 Å². The van der Waals surface area contributed by atoms with Crippen molar-refractivity contribution in [3.63, 3.8) is 0 Å². The molecular weight excluding hydrogens is 368 g/mol. The molecule has 6 rings (SSSR count). The predicted octanol–water partition coefficient (Wildman–Crippen LogP) is 6.22. The van der Waals surface area contributed by atoms with Gasteiger partial charge in [-0.25, -0.2) is 0 Å². The summed E-state index contributed by atoms with van der Waals surface area (Å²) >= 11 is 0. The molecule has 3 heterocycles. The zero-order valence-corrected chi connectivity index (χ0v) is 16.3. The molecule has 3 N–H and O–H groups in total. The van der Waals surface area contributed by atoms with Crippen LogP contribution in [0, 0.1) is 0 Å². The summed E-state index contributed by atoms with van der Waals surface area (Å²) in [6.07, 6.45) is 6.24. The summed E-state index contributed by atoms with van der Waals surface area (Å²) in [6, 6.07) is 27.4. The molecule has 0 aliphatic carbocycles. The molecule has 6 aromatic rings. The van der Waals surface area contributed by atoms with Crippen molar-refractivity contribution in [3.05, 3.63) is 114 Å². The van der Waals surface area contributed by atoms with Crippen LogP contribution < -0.4 is 0 Å². The first-order valence-corrected chi connectivity index (χ1v) is 10.1. The van der Waals surface area contributed by atoms with Crippen molar-refractivity contribution in [1.82, 2.24) is 20.2 Å². The van der Waals surface area contributed by atoms with Crippen molar-refractivity contribution in [2.24, 2.45) is 0 Å². The first-order chi connectivity index (χ1) is 14.9. The molecule has 0 bridgehead atoms. The van der Waals surface area contributed by atoms with Gasteiger partial charge in [0.25, 0.3) is 0 Å². The Labute approximate surface area is 173 Å². The number of rotatable bonds is 4. The minimum Gasteiger partial charge on any atom is -0.361 e. The maximum Gasteiger partial charge on any atom is 0.0691 e. The molecule has 0 atom stereocenters. The van der Waals surface area contributed by atoms with Crippen LogP contribution in [0.25, 0.3) is 33.1 Å². The number of benzene rings is 3. The van der Waals surface area contributed by atoms with E-state index in [9.17, 15) is 0 Å². The lowest BCUT2D eigenvalue weighted by molar-refractivity contribution is 1.00. The average Bonchev–Trinajstić information content (AvgIpc) is 3.55. The van der Waals surface area contributed by atoms with Crippen LogP contribution in [0.5, 0.6) is 0 Å². The van der Waals surface area contributed by atoms with E-state index >= 15 is 0 Å². The lowest BCUT2D eigenvalue weighted by Gasteiger charge is -2.17. The molecule has 144 valence electrons. The molecule has 3 aromatic heterocycles. The van der Waals surface area contributed by atoms with Crippen molar-refractivity contribution < 1.29 is 0 Å². The summed E-state index contributed by atoms with van der Waals surface area (Å²) in [5.74, 6) is 0.0336. The Hall–Kier alpha value is -4.05. The van der Waals surface area contributed by atoms with E-state index in [1.165, 1.54) is 21.9 Å². The fourth-order valence-corrected chi connectivity index (χ4v) is 4.52. The monoisotopic (exact) mass is 388 g/mol. The van der Waals surface area contributed by atoms with Crippen molar-refractivity contribution >= 4 is 21.8 Å². The average molecular weight is 388 g/mol. The van der Waals surface area contributed by atoms with Gasteiger partial charge < -0.3 is 9.97 Å². The standard InChI is InChI=1S/C26H20N4/c1-2-8-17(9-3-1)26-22(16-29-30-26)25(20-14-27-23-12-6-4-10-18(20)23)21-15-28-24-13-7-5-11-19(21)24/h1-16,25,27-28H,(H,29,30). The van der Waals surface area contributed by atoms with E-state index in [-0.39, 0.29) is 5.92 Å². The molecule has 0 radical (unpaired) electrons. The van der Waals surface area contributed by atoms with Crippen LogP contribution >= 0.6 is 0 Å². The Balaban J connectivity index is 1.65. The number of H-pyrrole nitrogens is 3. The van der Waals surface area contributed by atoms with Crippen LogP contribution in [0.15, 0.2) is 97.5 Å².